The standard InChI is InChI=1S/C33H36BrN3O4/c1-6-7-8-31-36-32-27(16-11-21-9-13-24(38-2)18-29(21)40-4)35-28-17-23(34)12-15-26(28)33(32)37(31)20-22-10-14-25(39-3)19-30(22)41-5/h9-10,12-15,17-19H,6-8,11,16,20H2,1-5H3. The Kier molecular flexibility index (Phi) is 8.98. The second kappa shape index (κ2) is 12.8. The molecule has 0 aliphatic heterocycles. The van der Waals surface area contributed by atoms with E-state index in [9.17, 15) is 0 Å². The number of nitrogens with zero attached hydrogens (tertiary/aromatic N) is 3. The predicted molar refractivity (Wildman–Crippen MR) is 167 cm³/mol. The molecule has 0 bridgehead atoms. The Hall–Kier alpha value is -3.78. The summed E-state index contributed by atoms with van der Waals surface area (Å²) in [5.41, 5.74) is 6.13. The highest BCUT2D eigenvalue weighted by atomic mass is 79.9. The van der Waals surface area contributed by atoms with Gasteiger partial charge in [-0.25, -0.2) is 4.98 Å². The maximum atomic E-state index is 5.77. The monoisotopic (exact) mass is 617 g/mol. The van der Waals surface area contributed by atoms with Gasteiger partial charge in [-0.15, -0.1) is 0 Å². The van der Waals surface area contributed by atoms with Crippen molar-refractivity contribution in [2.75, 3.05) is 28.4 Å². The second-order valence-electron chi connectivity index (χ2n) is 9.99. The van der Waals surface area contributed by atoms with E-state index in [0.717, 1.165) is 104 Å². The molecule has 0 unspecified atom stereocenters. The molecule has 0 aliphatic rings. The first-order valence-corrected chi connectivity index (χ1v) is 14.7. The van der Waals surface area contributed by atoms with Crippen LogP contribution in [0.2, 0.25) is 0 Å². The number of halogens is 1. The van der Waals surface area contributed by atoms with Crippen LogP contribution in [0.15, 0.2) is 59.1 Å². The van der Waals surface area contributed by atoms with Gasteiger partial charge < -0.3 is 23.5 Å². The quantitative estimate of drug-likeness (QED) is 0.144. The van der Waals surface area contributed by atoms with Gasteiger partial charge in [0.15, 0.2) is 0 Å². The molecule has 41 heavy (non-hydrogen) atoms. The number of imidazole rings is 1. The first-order chi connectivity index (χ1) is 20.0. The molecule has 0 saturated heterocycles. The molecule has 0 fully saturated rings. The summed E-state index contributed by atoms with van der Waals surface area (Å²) in [6.07, 6.45) is 4.51. The van der Waals surface area contributed by atoms with Crippen LogP contribution in [-0.2, 0) is 25.8 Å². The van der Waals surface area contributed by atoms with Crippen LogP contribution < -0.4 is 18.9 Å². The summed E-state index contributed by atoms with van der Waals surface area (Å²) in [6.45, 7) is 2.84. The molecule has 8 heteroatoms. The smallest absolute Gasteiger partial charge is 0.127 e. The van der Waals surface area contributed by atoms with Gasteiger partial charge >= 0.3 is 0 Å². The minimum atomic E-state index is 0.629. The fourth-order valence-corrected chi connectivity index (χ4v) is 5.65. The van der Waals surface area contributed by atoms with E-state index < -0.39 is 0 Å². The van der Waals surface area contributed by atoms with Crippen molar-refractivity contribution in [3.05, 3.63) is 81.7 Å². The van der Waals surface area contributed by atoms with Crippen LogP contribution in [-0.4, -0.2) is 43.0 Å². The molecule has 214 valence electrons. The molecule has 0 aliphatic carbocycles. The molecule has 0 radical (unpaired) electrons. The van der Waals surface area contributed by atoms with Crippen molar-refractivity contribution in [1.82, 2.24) is 14.5 Å². The van der Waals surface area contributed by atoms with Crippen LogP contribution in [0.3, 0.4) is 0 Å². The predicted octanol–water partition coefficient (Wildman–Crippen LogP) is 7.56. The molecule has 0 saturated carbocycles. The summed E-state index contributed by atoms with van der Waals surface area (Å²) in [5.74, 6) is 4.20. The van der Waals surface area contributed by atoms with Gasteiger partial charge in [0.2, 0.25) is 0 Å². The van der Waals surface area contributed by atoms with Crippen molar-refractivity contribution >= 4 is 37.9 Å². The molecule has 5 rings (SSSR count). The van der Waals surface area contributed by atoms with Crippen molar-refractivity contribution in [3.63, 3.8) is 0 Å². The lowest BCUT2D eigenvalue weighted by atomic mass is 10.0. The van der Waals surface area contributed by atoms with Gasteiger partial charge in [0.1, 0.15) is 34.3 Å². The summed E-state index contributed by atoms with van der Waals surface area (Å²) >= 11 is 3.65. The van der Waals surface area contributed by atoms with E-state index in [2.05, 4.69) is 57.8 Å². The van der Waals surface area contributed by atoms with Gasteiger partial charge in [0.25, 0.3) is 0 Å². The zero-order chi connectivity index (χ0) is 28.9. The molecule has 7 nitrogen and oxygen atoms in total. The van der Waals surface area contributed by atoms with Crippen molar-refractivity contribution in [1.29, 1.82) is 0 Å². The van der Waals surface area contributed by atoms with Crippen LogP contribution >= 0.6 is 15.9 Å². The van der Waals surface area contributed by atoms with Gasteiger partial charge in [-0.3, -0.25) is 4.98 Å². The van der Waals surface area contributed by atoms with Crippen molar-refractivity contribution in [2.24, 2.45) is 0 Å². The number of methoxy groups -OCH3 is 4. The maximum absolute atomic E-state index is 5.77. The van der Waals surface area contributed by atoms with E-state index in [1.54, 1.807) is 28.4 Å². The fourth-order valence-electron chi connectivity index (χ4n) is 5.30. The van der Waals surface area contributed by atoms with E-state index in [1.165, 1.54) is 0 Å². The SMILES string of the molecule is CCCCc1nc2c(CCc3ccc(OC)cc3OC)nc3cc(Br)ccc3c2n1Cc1ccc(OC)cc1OC. The molecule has 0 atom stereocenters. The van der Waals surface area contributed by atoms with Crippen molar-refractivity contribution < 1.29 is 18.9 Å². The van der Waals surface area contributed by atoms with E-state index in [4.69, 9.17) is 28.9 Å². The minimum Gasteiger partial charge on any atom is -0.497 e. The van der Waals surface area contributed by atoms with Crippen LogP contribution in [0.25, 0.3) is 21.9 Å². The number of aromatic nitrogens is 3. The lowest BCUT2D eigenvalue weighted by Crippen LogP contribution is -2.07. The van der Waals surface area contributed by atoms with E-state index >= 15 is 0 Å². The lowest BCUT2D eigenvalue weighted by molar-refractivity contribution is 0.390. The number of ether oxygens (including phenoxy) is 4. The Labute approximate surface area is 249 Å². The average molecular weight is 619 g/mol. The van der Waals surface area contributed by atoms with Crippen LogP contribution in [0.4, 0.5) is 0 Å². The fraction of sp³-hybridized carbons (Fsp3) is 0.333. The topological polar surface area (TPSA) is 67.6 Å². The summed E-state index contributed by atoms with van der Waals surface area (Å²) < 4.78 is 25.6. The zero-order valence-electron chi connectivity index (χ0n) is 24.3. The number of rotatable bonds is 12. The summed E-state index contributed by atoms with van der Waals surface area (Å²) in [6, 6.07) is 18.2. The molecular formula is C33H36BrN3O4. The number of hydrogen-bond donors (Lipinski definition) is 0. The summed E-state index contributed by atoms with van der Waals surface area (Å²) in [7, 11) is 6.72. The third kappa shape index (κ3) is 5.98. The number of unbranched alkanes of at least 4 members (excludes halogenated alkanes) is 1. The normalized spacial score (nSPS) is 11.3. The molecule has 5 aromatic rings. The highest BCUT2D eigenvalue weighted by Gasteiger charge is 2.20. The molecular weight excluding hydrogens is 582 g/mol. The number of fused-ring (bicyclic) bond motifs is 3. The molecule has 0 spiro atoms. The Morgan fingerprint density at radius 3 is 2.07 bits per heavy atom. The van der Waals surface area contributed by atoms with Crippen molar-refractivity contribution in [2.45, 2.75) is 45.6 Å². The van der Waals surface area contributed by atoms with E-state index in [0.29, 0.717) is 6.54 Å². The Morgan fingerprint density at radius 1 is 0.732 bits per heavy atom. The molecule has 2 heterocycles. The van der Waals surface area contributed by atoms with Crippen LogP contribution in [0.5, 0.6) is 23.0 Å². The first-order valence-electron chi connectivity index (χ1n) is 13.9. The average Bonchev–Trinajstić information content (AvgIpc) is 3.36. The van der Waals surface area contributed by atoms with E-state index in [-0.39, 0.29) is 0 Å². The Morgan fingerprint density at radius 2 is 1.41 bits per heavy atom. The van der Waals surface area contributed by atoms with Gasteiger partial charge in [-0.05, 0) is 61.2 Å². The maximum Gasteiger partial charge on any atom is 0.127 e. The Balaban J connectivity index is 1.66. The number of hydrogen-bond acceptors (Lipinski definition) is 6. The highest BCUT2D eigenvalue weighted by molar-refractivity contribution is 9.10. The molecule has 2 aromatic heterocycles. The van der Waals surface area contributed by atoms with Gasteiger partial charge in [0, 0.05) is 34.0 Å². The first kappa shape index (κ1) is 28.7. The van der Waals surface area contributed by atoms with Crippen LogP contribution in [0.1, 0.15) is 42.4 Å². The lowest BCUT2D eigenvalue weighted by Gasteiger charge is -2.15. The zero-order valence-corrected chi connectivity index (χ0v) is 25.9. The van der Waals surface area contributed by atoms with Crippen LogP contribution in [0, 0.1) is 0 Å². The number of pyridine rings is 1. The highest BCUT2D eigenvalue weighted by Crippen LogP contribution is 2.34. The number of benzene rings is 3. The number of aryl methyl sites for hydroxylation is 3. The third-order valence-electron chi connectivity index (χ3n) is 7.49. The third-order valence-corrected chi connectivity index (χ3v) is 7.99. The van der Waals surface area contributed by atoms with Gasteiger partial charge in [0.05, 0.1) is 51.7 Å². The van der Waals surface area contributed by atoms with Crippen molar-refractivity contribution in [3.8, 4) is 23.0 Å². The molecule has 0 amide bonds. The minimum absolute atomic E-state index is 0.629. The molecule has 3 aromatic carbocycles. The second-order valence-corrected chi connectivity index (χ2v) is 10.9. The van der Waals surface area contributed by atoms with Gasteiger partial charge in [-0.1, -0.05) is 35.3 Å². The summed E-state index contributed by atoms with van der Waals surface area (Å²) in [4.78, 5) is 10.4. The van der Waals surface area contributed by atoms with E-state index in [1.807, 2.05) is 24.3 Å². The van der Waals surface area contributed by atoms with Gasteiger partial charge in [-0.2, -0.15) is 0 Å². The Bertz CT molecular complexity index is 1680. The summed E-state index contributed by atoms with van der Waals surface area (Å²) in [5, 5.41) is 1.08. The molecule has 0 N–H and O–H groups in total. The largest absolute Gasteiger partial charge is 0.497 e.